The van der Waals surface area contributed by atoms with Gasteiger partial charge in [0.25, 0.3) is 0 Å². The van der Waals surface area contributed by atoms with Gasteiger partial charge in [-0.1, -0.05) is 53.8 Å². The maximum absolute atomic E-state index is 5.93. The summed E-state index contributed by atoms with van der Waals surface area (Å²) < 4.78 is 0. The van der Waals surface area contributed by atoms with Crippen LogP contribution in [-0.2, 0) is 0 Å². The van der Waals surface area contributed by atoms with Crippen LogP contribution in [-0.4, -0.2) is 4.98 Å². The SMILES string of the molecule is Clc1ccc(-c2ncccc2C#Cc2ccccc2)cc1. The normalized spacial score (nSPS) is 9.76. The van der Waals surface area contributed by atoms with Gasteiger partial charge in [-0.2, -0.15) is 0 Å². The van der Waals surface area contributed by atoms with Crippen molar-refractivity contribution in [2.24, 2.45) is 0 Å². The summed E-state index contributed by atoms with van der Waals surface area (Å²) in [6, 6.07) is 21.4. The molecule has 0 N–H and O–H groups in total. The zero-order chi connectivity index (χ0) is 14.5. The molecule has 0 saturated carbocycles. The van der Waals surface area contributed by atoms with Crippen molar-refractivity contribution in [3.8, 4) is 23.1 Å². The average molecular weight is 290 g/mol. The Hall–Kier alpha value is -2.56. The van der Waals surface area contributed by atoms with Gasteiger partial charge in [0.15, 0.2) is 0 Å². The van der Waals surface area contributed by atoms with Crippen LogP contribution in [0.1, 0.15) is 11.1 Å². The van der Waals surface area contributed by atoms with Crippen LogP contribution < -0.4 is 0 Å². The Morgan fingerprint density at radius 3 is 2.29 bits per heavy atom. The van der Waals surface area contributed by atoms with Crippen LogP contribution in [0.25, 0.3) is 11.3 Å². The van der Waals surface area contributed by atoms with E-state index in [1.165, 1.54) is 0 Å². The molecule has 0 aliphatic rings. The van der Waals surface area contributed by atoms with Gasteiger partial charge in [-0.15, -0.1) is 0 Å². The first kappa shape index (κ1) is 13.4. The van der Waals surface area contributed by atoms with Crippen LogP contribution in [0.15, 0.2) is 72.9 Å². The van der Waals surface area contributed by atoms with Gasteiger partial charge in [0.1, 0.15) is 0 Å². The number of aromatic nitrogens is 1. The molecule has 0 atom stereocenters. The molecule has 100 valence electrons. The van der Waals surface area contributed by atoms with Gasteiger partial charge in [-0.25, -0.2) is 0 Å². The molecule has 3 rings (SSSR count). The van der Waals surface area contributed by atoms with Crippen molar-refractivity contribution in [2.45, 2.75) is 0 Å². The van der Waals surface area contributed by atoms with E-state index in [2.05, 4.69) is 16.8 Å². The molecular formula is C19H12ClN. The molecule has 0 amide bonds. The first-order chi connectivity index (χ1) is 10.3. The van der Waals surface area contributed by atoms with E-state index >= 15 is 0 Å². The van der Waals surface area contributed by atoms with Crippen molar-refractivity contribution in [3.05, 3.63) is 89.1 Å². The Bertz CT molecular complexity index is 796. The summed E-state index contributed by atoms with van der Waals surface area (Å²) in [5.74, 6) is 6.36. The van der Waals surface area contributed by atoms with Crippen molar-refractivity contribution in [2.75, 3.05) is 0 Å². The zero-order valence-electron chi connectivity index (χ0n) is 11.3. The summed E-state index contributed by atoms with van der Waals surface area (Å²) >= 11 is 5.93. The average Bonchev–Trinajstić information content (AvgIpc) is 2.55. The van der Waals surface area contributed by atoms with E-state index in [1.54, 1.807) is 6.20 Å². The van der Waals surface area contributed by atoms with Crippen LogP contribution in [0, 0.1) is 11.8 Å². The monoisotopic (exact) mass is 289 g/mol. The molecule has 2 heteroatoms. The van der Waals surface area contributed by atoms with Crippen molar-refractivity contribution in [1.29, 1.82) is 0 Å². The van der Waals surface area contributed by atoms with Gasteiger partial charge in [0.2, 0.25) is 0 Å². The fourth-order valence-corrected chi connectivity index (χ4v) is 2.13. The number of nitrogens with zero attached hydrogens (tertiary/aromatic N) is 1. The number of benzene rings is 2. The van der Waals surface area contributed by atoms with Crippen LogP contribution in [0.4, 0.5) is 0 Å². The highest BCUT2D eigenvalue weighted by Crippen LogP contribution is 2.22. The molecule has 1 nitrogen and oxygen atoms in total. The van der Waals surface area contributed by atoms with Crippen molar-refractivity contribution in [3.63, 3.8) is 0 Å². The van der Waals surface area contributed by atoms with Gasteiger partial charge in [0.05, 0.1) is 11.3 Å². The van der Waals surface area contributed by atoms with Crippen molar-refractivity contribution >= 4 is 11.6 Å². The topological polar surface area (TPSA) is 12.9 Å². The number of halogens is 1. The standard InChI is InChI=1S/C19H12ClN/c20-18-12-10-17(11-13-18)19-16(7-4-14-21-19)9-8-15-5-2-1-3-6-15/h1-7,10-14H. The number of pyridine rings is 1. The molecule has 2 aromatic carbocycles. The second kappa shape index (κ2) is 6.26. The molecule has 1 heterocycles. The Morgan fingerprint density at radius 1 is 0.762 bits per heavy atom. The molecule has 0 spiro atoms. The first-order valence-corrected chi connectivity index (χ1v) is 6.99. The number of hydrogen-bond acceptors (Lipinski definition) is 1. The molecule has 0 fully saturated rings. The van der Waals surface area contributed by atoms with E-state index in [1.807, 2.05) is 66.7 Å². The number of rotatable bonds is 1. The highest BCUT2D eigenvalue weighted by atomic mass is 35.5. The molecular weight excluding hydrogens is 278 g/mol. The van der Waals surface area contributed by atoms with Crippen molar-refractivity contribution in [1.82, 2.24) is 4.98 Å². The van der Waals surface area contributed by atoms with Crippen LogP contribution in [0.3, 0.4) is 0 Å². The lowest BCUT2D eigenvalue weighted by Crippen LogP contribution is -1.88. The Labute approximate surface area is 129 Å². The lowest BCUT2D eigenvalue weighted by molar-refractivity contribution is 1.31. The molecule has 0 saturated heterocycles. The molecule has 0 aliphatic carbocycles. The minimum absolute atomic E-state index is 0.714. The summed E-state index contributed by atoms with van der Waals surface area (Å²) in [5.41, 5.74) is 3.78. The zero-order valence-corrected chi connectivity index (χ0v) is 12.0. The summed E-state index contributed by atoms with van der Waals surface area (Å²) in [6.07, 6.45) is 1.78. The van der Waals surface area contributed by atoms with Crippen LogP contribution in [0.2, 0.25) is 5.02 Å². The Kier molecular flexibility index (Phi) is 4.00. The summed E-state index contributed by atoms with van der Waals surface area (Å²) in [7, 11) is 0. The highest BCUT2D eigenvalue weighted by molar-refractivity contribution is 6.30. The van der Waals surface area contributed by atoms with Gasteiger partial charge >= 0.3 is 0 Å². The van der Waals surface area contributed by atoms with Gasteiger partial charge in [-0.3, -0.25) is 4.98 Å². The van der Waals surface area contributed by atoms with E-state index in [0.29, 0.717) is 5.02 Å². The lowest BCUT2D eigenvalue weighted by atomic mass is 10.1. The minimum atomic E-state index is 0.714. The second-order valence-corrected chi connectivity index (χ2v) is 4.96. The van der Waals surface area contributed by atoms with Crippen LogP contribution >= 0.6 is 11.6 Å². The predicted molar refractivity (Wildman–Crippen MR) is 87.1 cm³/mol. The largest absolute Gasteiger partial charge is 0.255 e. The van der Waals surface area contributed by atoms with E-state index in [-0.39, 0.29) is 0 Å². The van der Waals surface area contributed by atoms with Crippen molar-refractivity contribution < 1.29 is 0 Å². The van der Waals surface area contributed by atoms with E-state index < -0.39 is 0 Å². The predicted octanol–water partition coefficient (Wildman–Crippen LogP) is 4.80. The lowest BCUT2D eigenvalue weighted by Gasteiger charge is -2.03. The fourth-order valence-electron chi connectivity index (χ4n) is 2.00. The summed E-state index contributed by atoms with van der Waals surface area (Å²) in [6.45, 7) is 0. The Balaban J connectivity index is 2.01. The third-order valence-electron chi connectivity index (χ3n) is 3.04. The highest BCUT2D eigenvalue weighted by Gasteiger charge is 2.04. The van der Waals surface area contributed by atoms with Gasteiger partial charge in [-0.05, 0) is 36.4 Å². The smallest absolute Gasteiger partial charge is 0.0858 e. The van der Waals surface area contributed by atoms with Crippen LogP contribution in [0.5, 0.6) is 0 Å². The third-order valence-corrected chi connectivity index (χ3v) is 3.29. The van der Waals surface area contributed by atoms with Gasteiger partial charge < -0.3 is 0 Å². The van der Waals surface area contributed by atoms with E-state index in [9.17, 15) is 0 Å². The maximum Gasteiger partial charge on any atom is 0.0858 e. The Morgan fingerprint density at radius 2 is 1.52 bits per heavy atom. The quantitative estimate of drug-likeness (QED) is 0.586. The molecule has 21 heavy (non-hydrogen) atoms. The van der Waals surface area contributed by atoms with Gasteiger partial charge in [0, 0.05) is 22.3 Å². The summed E-state index contributed by atoms with van der Waals surface area (Å²) in [4.78, 5) is 4.45. The number of hydrogen-bond donors (Lipinski definition) is 0. The molecule has 0 bridgehead atoms. The molecule has 0 unspecified atom stereocenters. The molecule has 0 aliphatic heterocycles. The summed E-state index contributed by atoms with van der Waals surface area (Å²) in [5, 5.41) is 0.714. The first-order valence-electron chi connectivity index (χ1n) is 6.61. The fraction of sp³-hybridized carbons (Fsp3) is 0. The van der Waals surface area contributed by atoms with E-state index in [0.717, 1.165) is 22.4 Å². The second-order valence-electron chi connectivity index (χ2n) is 4.52. The molecule has 3 aromatic rings. The molecule has 1 aromatic heterocycles. The maximum atomic E-state index is 5.93. The molecule has 0 radical (unpaired) electrons. The minimum Gasteiger partial charge on any atom is -0.255 e. The third kappa shape index (κ3) is 3.31. The van der Waals surface area contributed by atoms with E-state index in [4.69, 9.17) is 11.6 Å².